The first-order valence-electron chi connectivity index (χ1n) is 15.2. The molecule has 37 heavy (non-hydrogen) atoms. The van der Waals surface area contributed by atoms with Gasteiger partial charge in [0.2, 0.25) is 0 Å². The summed E-state index contributed by atoms with van der Waals surface area (Å²) in [5.41, 5.74) is 10.5. The van der Waals surface area contributed by atoms with E-state index in [1.165, 1.54) is 90.3 Å². The van der Waals surface area contributed by atoms with Crippen LogP contribution in [0.2, 0.25) is 0 Å². The van der Waals surface area contributed by atoms with Crippen LogP contribution in [-0.2, 0) is 21.7 Å². The zero-order chi connectivity index (χ0) is 28.2. The Morgan fingerprint density at radius 2 is 1.05 bits per heavy atom. The largest absolute Gasteiger partial charge is 0.0654 e. The monoisotopic (exact) mass is 503 g/mol. The first-order valence-corrected chi connectivity index (χ1v) is 15.2. The van der Waals surface area contributed by atoms with Gasteiger partial charge in [0, 0.05) is 0 Å². The van der Waals surface area contributed by atoms with Crippen LogP contribution in [0.5, 0.6) is 0 Å². The third-order valence-electron chi connectivity index (χ3n) is 8.36. The van der Waals surface area contributed by atoms with E-state index in [1.54, 1.807) is 0 Å². The fourth-order valence-electron chi connectivity index (χ4n) is 5.99. The van der Waals surface area contributed by atoms with Crippen LogP contribution in [0.1, 0.15) is 162 Å². The van der Waals surface area contributed by atoms with Gasteiger partial charge in [0.25, 0.3) is 0 Å². The Labute approximate surface area is 232 Å². The Kier molecular flexibility index (Phi) is 10.3. The van der Waals surface area contributed by atoms with E-state index in [0.29, 0.717) is 0 Å². The first-order chi connectivity index (χ1) is 17.0. The van der Waals surface area contributed by atoms with E-state index in [4.69, 9.17) is 0 Å². The molecule has 0 saturated heterocycles. The van der Waals surface area contributed by atoms with Crippen LogP contribution in [0.4, 0.5) is 0 Å². The van der Waals surface area contributed by atoms with Crippen molar-refractivity contribution < 1.29 is 0 Å². The van der Waals surface area contributed by atoms with Crippen molar-refractivity contribution in [2.24, 2.45) is 0 Å². The molecule has 2 rings (SSSR count). The molecule has 0 atom stereocenters. The van der Waals surface area contributed by atoms with Gasteiger partial charge in [-0.1, -0.05) is 151 Å². The van der Waals surface area contributed by atoms with Crippen LogP contribution >= 0.6 is 0 Å². The highest BCUT2D eigenvalue weighted by Crippen LogP contribution is 2.49. The van der Waals surface area contributed by atoms with Crippen molar-refractivity contribution in [1.29, 1.82) is 0 Å². The van der Waals surface area contributed by atoms with E-state index in [9.17, 15) is 0 Å². The molecule has 0 bridgehead atoms. The van der Waals surface area contributed by atoms with E-state index in [-0.39, 0.29) is 21.7 Å². The molecule has 0 aliphatic heterocycles. The molecule has 0 spiro atoms. The summed E-state index contributed by atoms with van der Waals surface area (Å²) in [6.07, 6.45) is 10.1. The maximum absolute atomic E-state index is 3.85. The maximum Gasteiger partial charge on any atom is -0.00911 e. The van der Waals surface area contributed by atoms with Crippen molar-refractivity contribution in [3.05, 3.63) is 58.1 Å². The van der Waals surface area contributed by atoms with Gasteiger partial charge in [0.15, 0.2) is 0 Å². The smallest absolute Gasteiger partial charge is 0.00911 e. The summed E-state index contributed by atoms with van der Waals surface area (Å²) in [5.74, 6) is 0. The van der Waals surface area contributed by atoms with Crippen molar-refractivity contribution in [1.82, 2.24) is 0 Å². The Morgan fingerprint density at radius 3 is 1.49 bits per heavy atom. The third kappa shape index (κ3) is 7.74. The lowest BCUT2D eigenvalue weighted by Gasteiger charge is -2.38. The molecule has 0 aliphatic carbocycles. The zero-order valence-electron chi connectivity index (χ0n) is 27.0. The molecule has 0 fully saturated rings. The molecule has 0 amide bonds. The summed E-state index contributed by atoms with van der Waals surface area (Å²) in [6.45, 7) is 31.1. The van der Waals surface area contributed by atoms with Gasteiger partial charge in [-0.05, 0) is 80.9 Å². The fraction of sp³-hybridized carbons (Fsp3) is 0.676. The number of hydrogen-bond acceptors (Lipinski definition) is 0. The molecule has 0 heteroatoms. The van der Waals surface area contributed by atoms with Crippen molar-refractivity contribution in [3.8, 4) is 11.1 Å². The van der Waals surface area contributed by atoms with Gasteiger partial charge in [0.05, 0.1) is 0 Å². The molecule has 0 N–H and O–H groups in total. The minimum Gasteiger partial charge on any atom is -0.0654 e. The highest BCUT2D eigenvalue weighted by Gasteiger charge is 2.35. The Hall–Kier alpha value is -1.56. The summed E-state index contributed by atoms with van der Waals surface area (Å²) in [7, 11) is 0. The van der Waals surface area contributed by atoms with Crippen LogP contribution in [0.3, 0.4) is 0 Å². The molecule has 1 radical (unpaired) electrons. The molecule has 2 aromatic carbocycles. The molecule has 0 unspecified atom stereocenters. The average Bonchev–Trinajstić information content (AvgIpc) is 2.77. The maximum atomic E-state index is 3.85. The van der Waals surface area contributed by atoms with E-state index in [0.717, 1.165) is 0 Å². The lowest BCUT2D eigenvalue weighted by atomic mass is 9.66. The molecular weight excluding hydrogens is 444 g/mol. The normalized spacial score (nSPS) is 13.3. The van der Waals surface area contributed by atoms with Crippen molar-refractivity contribution in [2.75, 3.05) is 0 Å². The van der Waals surface area contributed by atoms with Gasteiger partial charge in [0.1, 0.15) is 0 Å². The highest BCUT2D eigenvalue weighted by molar-refractivity contribution is 5.81. The minimum absolute atomic E-state index is 0.0461. The first kappa shape index (κ1) is 31.7. The van der Waals surface area contributed by atoms with Crippen LogP contribution in [-0.4, -0.2) is 0 Å². The summed E-state index contributed by atoms with van der Waals surface area (Å²) in [5, 5.41) is 0. The Morgan fingerprint density at radius 1 is 0.595 bits per heavy atom. The van der Waals surface area contributed by atoms with Gasteiger partial charge in [-0.3, -0.25) is 0 Å². The predicted octanol–water partition coefficient (Wildman–Crippen LogP) is 11.8. The quantitative estimate of drug-likeness (QED) is 0.267. The molecule has 0 nitrogen and oxygen atoms in total. The summed E-state index contributed by atoms with van der Waals surface area (Å²) in [6, 6.07) is 13.4. The van der Waals surface area contributed by atoms with Crippen LogP contribution in [0, 0.1) is 13.0 Å². The molecule has 0 aliphatic rings. The van der Waals surface area contributed by atoms with E-state index in [2.05, 4.69) is 120 Å². The Bertz CT molecular complexity index is 942. The Balaban J connectivity index is 3.06. The predicted molar refractivity (Wildman–Crippen MR) is 167 cm³/mol. The number of aryl methyl sites for hydroxylation is 1. The molecule has 0 saturated carbocycles. The third-order valence-corrected chi connectivity index (χ3v) is 8.36. The van der Waals surface area contributed by atoms with Gasteiger partial charge < -0.3 is 0 Å². The highest BCUT2D eigenvalue weighted by atomic mass is 14.4. The second-order valence-electron chi connectivity index (χ2n) is 15.1. The summed E-state index contributed by atoms with van der Waals surface area (Å²) < 4.78 is 0. The molecule has 2 aromatic rings. The zero-order valence-corrected chi connectivity index (χ0v) is 27.0. The SMILES string of the molecule is CCCCCC(C)(C)c1[c]ccc(C(C)(C)CCCCC)c1-c1c(C(C)(C)C)cc(C)cc1C(C)(C)C. The van der Waals surface area contributed by atoms with Crippen molar-refractivity contribution in [3.63, 3.8) is 0 Å². The summed E-state index contributed by atoms with van der Waals surface area (Å²) in [4.78, 5) is 0. The molecule has 207 valence electrons. The van der Waals surface area contributed by atoms with Gasteiger partial charge in [-0.2, -0.15) is 0 Å². The second-order valence-corrected chi connectivity index (χ2v) is 15.1. The van der Waals surface area contributed by atoms with Gasteiger partial charge in [-0.15, -0.1) is 0 Å². The topological polar surface area (TPSA) is 0 Å². The van der Waals surface area contributed by atoms with E-state index in [1.807, 2.05) is 0 Å². The van der Waals surface area contributed by atoms with Crippen LogP contribution in [0.15, 0.2) is 24.3 Å². The lowest BCUT2D eigenvalue weighted by Crippen LogP contribution is -2.27. The lowest BCUT2D eigenvalue weighted by molar-refractivity contribution is 0.438. The standard InChI is InChI=1S/C37H59/c1-14-16-18-23-36(10,11)28-21-20-22-29(37(12,13)24-19-17-15-2)32(28)33-30(34(4,5)6)25-27(3)26-31(33)35(7,8)9/h20-21,25-26H,14-19,23-24H2,1-13H3. The minimum atomic E-state index is 0.0461. The number of unbranched alkanes of at least 4 members (excludes halogenated alkanes) is 4. The number of hydrogen-bond donors (Lipinski definition) is 0. The van der Waals surface area contributed by atoms with Crippen molar-refractivity contribution >= 4 is 0 Å². The van der Waals surface area contributed by atoms with Gasteiger partial charge >= 0.3 is 0 Å². The average molecular weight is 504 g/mol. The number of rotatable bonds is 11. The van der Waals surface area contributed by atoms with Gasteiger partial charge in [-0.25, -0.2) is 0 Å². The van der Waals surface area contributed by atoms with Crippen LogP contribution in [0.25, 0.3) is 11.1 Å². The van der Waals surface area contributed by atoms with Crippen molar-refractivity contribution in [2.45, 2.75) is 163 Å². The van der Waals surface area contributed by atoms with E-state index < -0.39 is 0 Å². The number of benzene rings is 2. The van der Waals surface area contributed by atoms with Crippen LogP contribution < -0.4 is 0 Å². The van der Waals surface area contributed by atoms with E-state index >= 15 is 0 Å². The second kappa shape index (κ2) is 12.1. The molecule has 0 aromatic heterocycles. The summed E-state index contributed by atoms with van der Waals surface area (Å²) >= 11 is 0. The molecule has 0 heterocycles. The molecular formula is C37H59. The fourth-order valence-corrected chi connectivity index (χ4v) is 5.99.